The second-order valence-corrected chi connectivity index (χ2v) is 6.41. The molecule has 2 fully saturated rings. The summed E-state index contributed by atoms with van der Waals surface area (Å²) in [5.41, 5.74) is 0. The summed E-state index contributed by atoms with van der Waals surface area (Å²) in [6, 6.07) is -2.15. The van der Waals surface area contributed by atoms with E-state index in [0.717, 1.165) is 32.7 Å². The second kappa shape index (κ2) is 6.67. The molecule has 2 aliphatic heterocycles. The van der Waals surface area contributed by atoms with Gasteiger partial charge >= 0.3 is 6.05 Å². The van der Waals surface area contributed by atoms with Crippen LogP contribution in [-0.4, -0.2) is 72.6 Å². The Hall–Kier alpha value is -0.260. The Morgan fingerprint density at radius 2 is 1.55 bits per heavy atom. The Bertz CT molecular complexity index is 293. The van der Waals surface area contributed by atoms with E-state index < -0.39 is 12.0 Å². The predicted octanol–water partition coefficient (Wildman–Crippen LogP) is 2.34. The van der Waals surface area contributed by atoms with Crippen LogP contribution in [0, 0.1) is 5.92 Å². The zero-order chi connectivity index (χ0) is 14.8. The number of rotatable bonds is 4. The molecule has 3 nitrogen and oxygen atoms in total. The molecule has 0 bridgehead atoms. The van der Waals surface area contributed by atoms with Crippen molar-refractivity contribution >= 4 is 0 Å². The van der Waals surface area contributed by atoms with E-state index in [-0.39, 0.29) is 0 Å². The fourth-order valence-electron chi connectivity index (χ4n) is 3.38. The van der Waals surface area contributed by atoms with E-state index in [0.29, 0.717) is 32.0 Å². The molecule has 0 N–H and O–H groups in total. The van der Waals surface area contributed by atoms with Crippen LogP contribution in [0.1, 0.15) is 33.6 Å². The van der Waals surface area contributed by atoms with E-state index in [1.165, 1.54) is 4.90 Å². The number of alkyl halides is 2. The van der Waals surface area contributed by atoms with Gasteiger partial charge in [0.2, 0.25) is 0 Å². The maximum absolute atomic E-state index is 14.6. The number of hydrogen-bond acceptors (Lipinski definition) is 3. The number of likely N-dealkylation sites (tertiary alicyclic amines) is 1. The van der Waals surface area contributed by atoms with Crippen LogP contribution in [0.25, 0.3) is 0 Å². The number of likely N-dealkylation sites (N-methyl/N-ethyl adjacent to an activating group) is 1. The van der Waals surface area contributed by atoms with Gasteiger partial charge in [0, 0.05) is 38.1 Å². The van der Waals surface area contributed by atoms with Gasteiger partial charge in [0.15, 0.2) is 0 Å². The molecule has 2 aliphatic rings. The SMILES string of the molecule is CCN1CCN(C(F)(F)C2CCN(C(C)C)CC2)CC1. The first kappa shape index (κ1) is 16.1. The maximum Gasteiger partial charge on any atom is 0.307 e. The van der Waals surface area contributed by atoms with Gasteiger partial charge in [0.25, 0.3) is 0 Å². The fourth-order valence-corrected chi connectivity index (χ4v) is 3.38. The van der Waals surface area contributed by atoms with E-state index in [1.807, 2.05) is 0 Å². The van der Waals surface area contributed by atoms with E-state index in [1.54, 1.807) is 0 Å². The van der Waals surface area contributed by atoms with Gasteiger partial charge in [-0.15, -0.1) is 0 Å². The average Bonchev–Trinajstić information content (AvgIpc) is 2.47. The highest BCUT2D eigenvalue weighted by atomic mass is 19.3. The van der Waals surface area contributed by atoms with Crippen LogP contribution in [0.4, 0.5) is 8.78 Å². The highest BCUT2D eigenvalue weighted by Crippen LogP contribution is 2.36. The van der Waals surface area contributed by atoms with Crippen molar-refractivity contribution in [3.63, 3.8) is 0 Å². The summed E-state index contributed by atoms with van der Waals surface area (Å²) < 4.78 is 29.3. The monoisotopic (exact) mass is 289 g/mol. The molecule has 0 aromatic rings. The van der Waals surface area contributed by atoms with Crippen molar-refractivity contribution < 1.29 is 8.78 Å². The van der Waals surface area contributed by atoms with Crippen molar-refractivity contribution in [3.05, 3.63) is 0 Å². The van der Waals surface area contributed by atoms with Crippen molar-refractivity contribution in [1.82, 2.24) is 14.7 Å². The molecule has 0 spiro atoms. The smallest absolute Gasteiger partial charge is 0.301 e. The van der Waals surface area contributed by atoms with Gasteiger partial charge in [-0.1, -0.05) is 6.92 Å². The van der Waals surface area contributed by atoms with Crippen molar-refractivity contribution in [3.8, 4) is 0 Å². The minimum absolute atomic E-state index is 0.467. The number of piperidine rings is 1. The second-order valence-electron chi connectivity index (χ2n) is 6.41. The highest BCUT2D eigenvalue weighted by Gasteiger charge is 2.46. The Kier molecular flexibility index (Phi) is 5.37. The minimum Gasteiger partial charge on any atom is -0.301 e. The molecule has 0 aromatic carbocycles. The van der Waals surface area contributed by atoms with E-state index in [4.69, 9.17) is 0 Å². The lowest BCUT2D eigenvalue weighted by Crippen LogP contribution is -2.57. The summed E-state index contributed by atoms with van der Waals surface area (Å²) >= 11 is 0. The van der Waals surface area contributed by atoms with Gasteiger partial charge in [-0.3, -0.25) is 0 Å². The molecular weight excluding hydrogens is 260 g/mol. The summed E-state index contributed by atoms with van der Waals surface area (Å²) in [6.45, 7) is 11.5. The lowest BCUT2D eigenvalue weighted by molar-refractivity contribution is -0.205. The number of nitrogens with zero attached hydrogens (tertiary/aromatic N) is 3. The standard InChI is InChI=1S/C15H29F2N3/c1-4-18-9-11-20(12-10-18)15(16,17)14-5-7-19(8-6-14)13(2)3/h13-14H,4-12H2,1-3H3. The molecule has 118 valence electrons. The molecule has 0 saturated carbocycles. The molecule has 2 saturated heterocycles. The van der Waals surface area contributed by atoms with Crippen LogP contribution in [0.2, 0.25) is 0 Å². The minimum atomic E-state index is -2.62. The number of piperazine rings is 1. The molecule has 0 radical (unpaired) electrons. The zero-order valence-electron chi connectivity index (χ0n) is 13.1. The molecule has 5 heteroatoms. The van der Waals surface area contributed by atoms with Crippen molar-refractivity contribution in [2.75, 3.05) is 45.8 Å². The normalized spacial score (nSPS) is 25.5. The largest absolute Gasteiger partial charge is 0.307 e. The van der Waals surface area contributed by atoms with Gasteiger partial charge in [-0.05, 0) is 46.3 Å². The van der Waals surface area contributed by atoms with Crippen molar-refractivity contribution in [1.29, 1.82) is 0 Å². The summed E-state index contributed by atoms with van der Waals surface area (Å²) in [5.74, 6) is -0.467. The first-order chi connectivity index (χ1) is 9.45. The number of halogens is 2. The Morgan fingerprint density at radius 1 is 1.00 bits per heavy atom. The molecule has 20 heavy (non-hydrogen) atoms. The third-order valence-corrected chi connectivity index (χ3v) is 4.99. The van der Waals surface area contributed by atoms with Crippen molar-refractivity contribution in [2.24, 2.45) is 5.92 Å². The Labute approximate surface area is 121 Å². The zero-order valence-corrected chi connectivity index (χ0v) is 13.1. The molecule has 2 rings (SSSR count). The first-order valence-corrected chi connectivity index (χ1v) is 8.04. The first-order valence-electron chi connectivity index (χ1n) is 8.04. The maximum atomic E-state index is 14.6. The van der Waals surface area contributed by atoms with Crippen LogP contribution in [0.3, 0.4) is 0 Å². The van der Waals surface area contributed by atoms with Gasteiger partial charge in [0.05, 0.1) is 0 Å². The average molecular weight is 289 g/mol. The van der Waals surface area contributed by atoms with Gasteiger partial charge < -0.3 is 9.80 Å². The highest BCUT2D eigenvalue weighted by molar-refractivity contribution is 4.86. The van der Waals surface area contributed by atoms with E-state index in [9.17, 15) is 8.78 Å². The van der Waals surface area contributed by atoms with Gasteiger partial charge in [-0.2, -0.15) is 8.78 Å². The van der Waals surface area contributed by atoms with Gasteiger partial charge in [0.1, 0.15) is 0 Å². The quantitative estimate of drug-likeness (QED) is 0.736. The fraction of sp³-hybridized carbons (Fsp3) is 1.00. The van der Waals surface area contributed by atoms with E-state index in [2.05, 4.69) is 30.6 Å². The van der Waals surface area contributed by atoms with Crippen LogP contribution < -0.4 is 0 Å². The molecule has 0 aliphatic carbocycles. The van der Waals surface area contributed by atoms with Crippen LogP contribution in [0.15, 0.2) is 0 Å². The van der Waals surface area contributed by atoms with Crippen LogP contribution in [-0.2, 0) is 0 Å². The molecular formula is C15H29F2N3. The molecule has 0 aromatic heterocycles. The predicted molar refractivity (Wildman–Crippen MR) is 78.1 cm³/mol. The van der Waals surface area contributed by atoms with E-state index >= 15 is 0 Å². The summed E-state index contributed by atoms with van der Waals surface area (Å²) in [7, 11) is 0. The Morgan fingerprint density at radius 3 is 2.00 bits per heavy atom. The summed E-state index contributed by atoms with van der Waals surface area (Å²) in [4.78, 5) is 5.98. The lowest BCUT2D eigenvalue weighted by Gasteiger charge is -2.44. The lowest BCUT2D eigenvalue weighted by atomic mass is 9.92. The molecule has 2 heterocycles. The number of hydrogen-bond donors (Lipinski definition) is 0. The summed E-state index contributed by atoms with van der Waals surface area (Å²) in [6.07, 6.45) is 1.25. The third-order valence-electron chi connectivity index (χ3n) is 4.99. The Balaban J connectivity index is 1.88. The molecule has 0 amide bonds. The van der Waals surface area contributed by atoms with Crippen LogP contribution in [0.5, 0.6) is 0 Å². The third kappa shape index (κ3) is 3.49. The molecule has 0 unspecified atom stereocenters. The molecule has 0 atom stereocenters. The van der Waals surface area contributed by atoms with Gasteiger partial charge in [-0.25, -0.2) is 4.90 Å². The van der Waals surface area contributed by atoms with Crippen LogP contribution >= 0.6 is 0 Å². The van der Waals surface area contributed by atoms with Crippen molar-refractivity contribution in [2.45, 2.75) is 45.7 Å². The topological polar surface area (TPSA) is 9.72 Å². The summed E-state index contributed by atoms with van der Waals surface area (Å²) in [5, 5.41) is 0.